The minimum Gasteiger partial charge on any atom is -0.352 e. The van der Waals surface area contributed by atoms with Crippen LogP contribution in [0.25, 0.3) is 0 Å². The molecule has 82 valence electrons. The summed E-state index contributed by atoms with van der Waals surface area (Å²) in [7, 11) is -3.66. The molecule has 0 bridgehead atoms. The summed E-state index contributed by atoms with van der Waals surface area (Å²) in [4.78, 5) is 10.4. The zero-order valence-corrected chi connectivity index (χ0v) is 8.62. The summed E-state index contributed by atoms with van der Waals surface area (Å²) in [6.07, 6.45) is 0. The van der Waals surface area contributed by atoms with Gasteiger partial charge in [0, 0.05) is 6.54 Å². The molecule has 0 atom stereocenters. The minimum absolute atomic E-state index is 0.0327. The summed E-state index contributed by atoms with van der Waals surface area (Å²) >= 11 is 0. The fraction of sp³-hybridized carbons (Fsp3) is 0.125. The third kappa shape index (κ3) is 3.56. The van der Waals surface area contributed by atoms with Gasteiger partial charge in [-0.2, -0.15) is 0 Å². The van der Waals surface area contributed by atoms with Gasteiger partial charge in [0.15, 0.2) is 0 Å². The van der Waals surface area contributed by atoms with Crippen LogP contribution in [0.15, 0.2) is 29.2 Å². The Morgan fingerprint density at radius 1 is 1.27 bits per heavy atom. The molecule has 5 N–H and O–H groups in total. The first-order valence-electron chi connectivity index (χ1n) is 4.04. The molecular formula is C8H11N3O3S. The fourth-order valence-electron chi connectivity index (χ4n) is 0.986. The zero-order valence-electron chi connectivity index (χ0n) is 7.80. The molecule has 0 radical (unpaired) electrons. The predicted octanol–water partition coefficient (Wildman–Crippen LogP) is -0.498. The number of urea groups is 1. The third-order valence-corrected chi connectivity index (χ3v) is 2.65. The monoisotopic (exact) mass is 229 g/mol. The zero-order chi connectivity index (χ0) is 11.5. The standard InChI is InChI=1S/C8H11N3O3S/c9-8(12)11-5-6-1-3-7(4-2-6)15(10,13)14/h1-4H,5H2,(H3,9,11,12)(H2,10,13,14). The number of primary amides is 1. The molecule has 0 aromatic heterocycles. The average Bonchev–Trinajstić information content (AvgIpc) is 2.14. The van der Waals surface area contributed by atoms with Gasteiger partial charge in [0.2, 0.25) is 10.0 Å². The van der Waals surface area contributed by atoms with E-state index in [-0.39, 0.29) is 11.4 Å². The normalized spacial score (nSPS) is 11.0. The number of amides is 2. The summed E-state index contributed by atoms with van der Waals surface area (Å²) < 4.78 is 21.8. The summed E-state index contributed by atoms with van der Waals surface area (Å²) in [5.74, 6) is 0. The molecular weight excluding hydrogens is 218 g/mol. The molecule has 2 amide bonds. The van der Waals surface area contributed by atoms with Gasteiger partial charge in [0.1, 0.15) is 0 Å². The molecule has 1 aromatic carbocycles. The van der Waals surface area contributed by atoms with Crippen LogP contribution in [0.4, 0.5) is 4.79 Å². The Morgan fingerprint density at radius 2 is 1.80 bits per heavy atom. The second kappa shape index (κ2) is 4.28. The molecule has 1 rings (SSSR count). The molecule has 0 spiro atoms. The SMILES string of the molecule is NC(=O)NCc1ccc(S(N)(=O)=O)cc1. The maximum atomic E-state index is 10.9. The maximum Gasteiger partial charge on any atom is 0.312 e. The highest BCUT2D eigenvalue weighted by Crippen LogP contribution is 2.08. The van der Waals surface area contributed by atoms with Gasteiger partial charge in [-0.1, -0.05) is 12.1 Å². The fourth-order valence-corrected chi connectivity index (χ4v) is 1.50. The van der Waals surface area contributed by atoms with Crippen molar-refractivity contribution in [1.29, 1.82) is 0 Å². The van der Waals surface area contributed by atoms with E-state index in [4.69, 9.17) is 10.9 Å². The van der Waals surface area contributed by atoms with Crippen molar-refractivity contribution in [1.82, 2.24) is 5.32 Å². The second-order valence-electron chi connectivity index (χ2n) is 2.91. The Kier molecular flexibility index (Phi) is 3.28. The first kappa shape index (κ1) is 11.5. The van der Waals surface area contributed by atoms with Crippen LogP contribution < -0.4 is 16.2 Å². The number of benzene rings is 1. The third-order valence-electron chi connectivity index (χ3n) is 1.72. The number of nitrogens with one attached hydrogen (secondary N) is 1. The van der Waals surface area contributed by atoms with Gasteiger partial charge >= 0.3 is 6.03 Å². The van der Waals surface area contributed by atoms with Gasteiger partial charge in [-0.15, -0.1) is 0 Å². The van der Waals surface area contributed by atoms with Gasteiger partial charge in [0.25, 0.3) is 0 Å². The van der Waals surface area contributed by atoms with Gasteiger partial charge in [0.05, 0.1) is 4.90 Å². The van der Waals surface area contributed by atoms with E-state index < -0.39 is 16.1 Å². The molecule has 0 unspecified atom stereocenters. The van der Waals surface area contributed by atoms with Gasteiger partial charge in [-0.3, -0.25) is 0 Å². The van der Waals surface area contributed by atoms with Gasteiger partial charge in [-0.25, -0.2) is 18.4 Å². The van der Waals surface area contributed by atoms with E-state index in [1.54, 1.807) is 12.1 Å². The summed E-state index contributed by atoms with van der Waals surface area (Å²) in [6.45, 7) is 0.250. The highest BCUT2D eigenvalue weighted by Gasteiger charge is 2.06. The molecule has 0 saturated heterocycles. The van der Waals surface area contributed by atoms with Crippen LogP contribution in [0.1, 0.15) is 5.56 Å². The Bertz CT molecular complexity index is 453. The van der Waals surface area contributed by atoms with Crippen molar-refractivity contribution in [3.8, 4) is 0 Å². The minimum atomic E-state index is -3.66. The predicted molar refractivity (Wildman–Crippen MR) is 54.2 cm³/mol. The Balaban J connectivity index is 2.77. The summed E-state index contributed by atoms with van der Waals surface area (Å²) in [6, 6.07) is 5.21. The number of rotatable bonds is 3. The van der Waals surface area contributed by atoms with Crippen molar-refractivity contribution in [3.05, 3.63) is 29.8 Å². The Labute approximate surface area is 87.3 Å². The van der Waals surface area contributed by atoms with Crippen molar-refractivity contribution in [2.24, 2.45) is 10.9 Å². The number of hydrogen-bond donors (Lipinski definition) is 3. The van der Waals surface area contributed by atoms with E-state index >= 15 is 0 Å². The average molecular weight is 229 g/mol. The highest BCUT2D eigenvalue weighted by molar-refractivity contribution is 7.89. The molecule has 15 heavy (non-hydrogen) atoms. The summed E-state index contributed by atoms with van der Waals surface area (Å²) in [5, 5.41) is 7.29. The van der Waals surface area contributed by atoms with E-state index in [1.807, 2.05) is 0 Å². The van der Waals surface area contributed by atoms with Crippen molar-refractivity contribution >= 4 is 16.1 Å². The van der Waals surface area contributed by atoms with E-state index in [1.165, 1.54) is 12.1 Å². The molecule has 0 aliphatic rings. The Morgan fingerprint density at radius 3 is 2.20 bits per heavy atom. The lowest BCUT2D eigenvalue weighted by Gasteiger charge is -2.03. The quantitative estimate of drug-likeness (QED) is 0.649. The van der Waals surface area contributed by atoms with E-state index in [0.717, 1.165) is 5.56 Å². The van der Waals surface area contributed by atoms with E-state index in [9.17, 15) is 13.2 Å². The largest absolute Gasteiger partial charge is 0.352 e. The topological polar surface area (TPSA) is 115 Å². The Hall–Kier alpha value is -1.60. The lowest BCUT2D eigenvalue weighted by Crippen LogP contribution is -2.28. The first-order chi connectivity index (χ1) is 6.89. The molecule has 6 nitrogen and oxygen atoms in total. The van der Waals surface area contributed by atoms with Gasteiger partial charge in [-0.05, 0) is 17.7 Å². The van der Waals surface area contributed by atoms with Crippen molar-refractivity contribution in [3.63, 3.8) is 0 Å². The van der Waals surface area contributed by atoms with Crippen molar-refractivity contribution < 1.29 is 13.2 Å². The maximum absolute atomic E-state index is 10.9. The second-order valence-corrected chi connectivity index (χ2v) is 4.47. The molecule has 0 fully saturated rings. The lowest BCUT2D eigenvalue weighted by molar-refractivity contribution is 0.248. The number of primary sulfonamides is 1. The van der Waals surface area contributed by atoms with E-state index in [0.29, 0.717) is 0 Å². The van der Waals surface area contributed by atoms with Crippen LogP contribution in [0, 0.1) is 0 Å². The number of carbonyl (C=O) groups is 1. The van der Waals surface area contributed by atoms with Crippen LogP contribution in [0.3, 0.4) is 0 Å². The molecule has 0 saturated carbocycles. The number of nitrogens with two attached hydrogens (primary N) is 2. The van der Waals surface area contributed by atoms with Gasteiger partial charge < -0.3 is 11.1 Å². The highest BCUT2D eigenvalue weighted by atomic mass is 32.2. The molecule has 0 heterocycles. The van der Waals surface area contributed by atoms with Crippen LogP contribution in [-0.4, -0.2) is 14.4 Å². The number of sulfonamides is 1. The molecule has 0 aliphatic heterocycles. The van der Waals surface area contributed by atoms with Crippen LogP contribution in [0.5, 0.6) is 0 Å². The summed E-state index contributed by atoms with van der Waals surface area (Å²) in [5.41, 5.74) is 5.61. The molecule has 1 aromatic rings. The van der Waals surface area contributed by atoms with Crippen molar-refractivity contribution in [2.45, 2.75) is 11.4 Å². The van der Waals surface area contributed by atoms with Crippen LogP contribution in [-0.2, 0) is 16.6 Å². The molecule has 7 heteroatoms. The number of hydrogen-bond acceptors (Lipinski definition) is 3. The smallest absolute Gasteiger partial charge is 0.312 e. The van der Waals surface area contributed by atoms with Crippen LogP contribution >= 0.6 is 0 Å². The van der Waals surface area contributed by atoms with E-state index in [2.05, 4.69) is 5.32 Å². The number of carbonyl (C=O) groups excluding carboxylic acids is 1. The lowest BCUT2D eigenvalue weighted by atomic mass is 10.2. The first-order valence-corrected chi connectivity index (χ1v) is 5.59. The molecule has 0 aliphatic carbocycles. The van der Waals surface area contributed by atoms with Crippen molar-refractivity contribution in [2.75, 3.05) is 0 Å². The van der Waals surface area contributed by atoms with Crippen LogP contribution in [0.2, 0.25) is 0 Å².